The Labute approximate surface area is 145 Å². The molecule has 1 aromatic carbocycles. The van der Waals surface area contributed by atoms with E-state index in [1.807, 2.05) is 0 Å². The van der Waals surface area contributed by atoms with Crippen LogP contribution in [0, 0.1) is 0 Å². The van der Waals surface area contributed by atoms with Crippen molar-refractivity contribution in [1.29, 1.82) is 0 Å². The third-order valence-corrected chi connectivity index (χ3v) is 4.03. The summed E-state index contributed by atoms with van der Waals surface area (Å²) in [5, 5.41) is 0. The summed E-state index contributed by atoms with van der Waals surface area (Å²) in [6.45, 7) is 3.65. The zero-order valence-electron chi connectivity index (χ0n) is 14.1. The van der Waals surface area contributed by atoms with Gasteiger partial charge in [-0.05, 0) is 38.0 Å². The third kappa shape index (κ3) is 4.61. The summed E-state index contributed by atoms with van der Waals surface area (Å²) in [6, 6.07) is 4.85. The maximum atomic E-state index is 12.1. The van der Waals surface area contributed by atoms with Gasteiger partial charge >= 0.3 is 0 Å². The van der Waals surface area contributed by atoms with Crippen LogP contribution in [0.5, 0.6) is 11.5 Å². The van der Waals surface area contributed by atoms with Crippen LogP contribution in [0.25, 0.3) is 0 Å². The van der Waals surface area contributed by atoms with E-state index in [-0.39, 0.29) is 6.10 Å². The lowest BCUT2D eigenvalue weighted by Gasteiger charge is -2.19. The molecule has 2 aliphatic heterocycles. The van der Waals surface area contributed by atoms with Crippen molar-refractivity contribution in [2.45, 2.75) is 32.0 Å². The first-order valence-corrected chi connectivity index (χ1v) is 8.36. The number of carbonyl (C=O) groups excluding carboxylic acids is 2. The van der Waals surface area contributed by atoms with Crippen LogP contribution in [0.1, 0.15) is 30.1 Å². The number of hydrogen-bond acceptors (Lipinski definition) is 6. The van der Waals surface area contributed by atoms with Crippen molar-refractivity contribution in [2.24, 2.45) is 0 Å². The molecule has 3 rings (SSSR count). The molecule has 8 heteroatoms. The standard InChI is InChI=1S/C17H22N2O6/c1-11(25-10-13-3-2-6-22-13)16(20)18-19-17(21)12-4-5-14-15(9-12)24-8-7-23-14/h4-5,9,11,13H,2-3,6-8,10H2,1H3,(H,18,20)(H,19,21). The number of fused-ring (bicyclic) bond motifs is 1. The number of ether oxygens (including phenoxy) is 4. The number of nitrogens with one attached hydrogen (secondary N) is 2. The van der Waals surface area contributed by atoms with E-state index >= 15 is 0 Å². The number of hydrogen-bond donors (Lipinski definition) is 2. The van der Waals surface area contributed by atoms with E-state index in [0.717, 1.165) is 19.4 Å². The summed E-state index contributed by atoms with van der Waals surface area (Å²) in [5.41, 5.74) is 5.09. The second-order valence-corrected chi connectivity index (χ2v) is 5.91. The first kappa shape index (κ1) is 17.5. The van der Waals surface area contributed by atoms with Crippen molar-refractivity contribution in [3.63, 3.8) is 0 Å². The zero-order valence-corrected chi connectivity index (χ0v) is 14.1. The van der Waals surface area contributed by atoms with Crippen molar-refractivity contribution >= 4 is 11.8 Å². The molecule has 2 heterocycles. The van der Waals surface area contributed by atoms with E-state index in [4.69, 9.17) is 18.9 Å². The predicted octanol–water partition coefficient (Wildman–Crippen LogP) is 0.803. The quantitative estimate of drug-likeness (QED) is 0.763. The first-order valence-electron chi connectivity index (χ1n) is 8.36. The molecule has 8 nitrogen and oxygen atoms in total. The molecule has 0 aromatic heterocycles. The Morgan fingerprint density at radius 3 is 2.76 bits per heavy atom. The molecule has 2 atom stereocenters. The van der Waals surface area contributed by atoms with Gasteiger partial charge in [0.05, 0.1) is 12.7 Å². The molecule has 1 aromatic rings. The van der Waals surface area contributed by atoms with Crippen LogP contribution >= 0.6 is 0 Å². The Bertz CT molecular complexity index is 630. The highest BCUT2D eigenvalue weighted by atomic mass is 16.6. The molecule has 0 aliphatic carbocycles. The van der Waals surface area contributed by atoms with E-state index in [1.54, 1.807) is 25.1 Å². The molecule has 0 radical (unpaired) electrons. The number of benzene rings is 1. The molecule has 136 valence electrons. The van der Waals surface area contributed by atoms with Crippen molar-refractivity contribution in [3.05, 3.63) is 23.8 Å². The van der Waals surface area contributed by atoms with Crippen LogP contribution in [-0.2, 0) is 14.3 Å². The molecular formula is C17H22N2O6. The minimum absolute atomic E-state index is 0.0440. The van der Waals surface area contributed by atoms with E-state index in [9.17, 15) is 9.59 Å². The van der Waals surface area contributed by atoms with Crippen LogP contribution in [-0.4, -0.2) is 50.4 Å². The molecule has 2 N–H and O–H groups in total. The summed E-state index contributed by atoms with van der Waals surface area (Å²) < 4.78 is 21.7. The lowest BCUT2D eigenvalue weighted by atomic mass is 10.2. The molecule has 2 amide bonds. The van der Waals surface area contributed by atoms with Crippen molar-refractivity contribution in [2.75, 3.05) is 26.4 Å². The minimum atomic E-state index is -0.690. The summed E-state index contributed by atoms with van der Waals surface area (Å²) in [6.07, 6.45) is 1.31. The van der Waals surface area contributed by atoms with Gasteiger partial charge in [0.25, 0.3) is 11.8 Å². The van der Waals surface area contributed by atoms with Crippen molar-refractivity contribution < 1.29 is 28.5 Å². The topological polar surface area (TPSA) is 95.1 Å². The molecule has 2 aliphatic rings. The van der Waals surface area contributed by atoms with Crippen molar-refractivity contribution in [3.8, 4) is 11.5 Å². The average molecular weight is 350 g/mol. The Kier molecular flexibility index (Phi) is 5.72. The lowest BCUT2D eigenvalue weighted by molar-refractivity contribution is -0.134. The SMILES string of the molecule is CC(OCC1CCCO1)C(=O)NNC(=O)c1ccc2c(c1)OCCO2. The highest BCUT2D eigenvalue weighted by Gasteiger charge is 2.21. The average Bonchev–Trinajstić information content (AvgIpc) is 3.17. The maximum absolute atomic E-state index is 12.1. The van der Waals surface area contributed by atoms with E-state index < -0.39 is 17.9 Å². The first-order chi connectivity index (χ1) is 12.1. The van der Waals surface area contributed by atoms with Crippen molar-refractivity contribution in [1.82, 2.24) is 10.9 Å². The lowest BCUT2D eigenvalue weighted by Crippen LogP contribution is -2.46. The van der Waals surface area contributed by atoms with Crippen LogP contribution in [0.4, 0.5) is 0 Å². The fraction of sp³-hybridized carbons (Fsp3) is 0.529. The van der Waals surface area contributed by atoms with Gasteiger partial charge in [-0.25, -0.2) is 0 Å². The molecule has 2 unspecified atom stereocenters. The second kappa shape index (κ2) is 8.17. The maximum Gasteiger partial charge on any atom is 0.269 e. The number of carbonyl (C=O) groups is 2. The Morgan fingerprint density at radius 1 is 1.20 bits per heavy atom. The fourth-order valence-electron chi connectivity index (χ4n) is 2.58. The number of hydrazine groups is 1. The van der Waals surface area contributed by atoms with Gasteiger partial charge in [-0.15, -0.1) is 0 Å². The second-order valence-electron chi connectivity index (χ2n) is 5.91. The van der Waals surface area contributed by atoms with Gasteiger partial charge in [-0.2, -0.15) is 0 Å². The van der Waals surface area contributed by atoms with Gasteiger partial charge in [0.1, 0.15) is 19.3 Å². The highest BCUT2D eigenvalue weighted by molar-refractivity contribution is 5.96. The van der Waals surface area contributed by atoms with Gasteiger partial charge < -0.3 is 18.9 Å². The Hall–Kier alpha value is -2.32. The molecule has 0 saturated carbocycles. The summed E-state index contributed by atoms with van der Waals surface area (Å²) in [4.78, 5) is 24.1. The molecule has 0 bridgehead atoms. The van der Waals surface area contributed by atoms with Crippen LogP contribution in [0.2, 0.25) is 0 Å². The number of rotatable bonds is 5. The van der Waals surface area contributed by atoms with E-state index in [0.29, 0.717) is 36.9 Å². The molecule has 1 saturated heterocycles. The van der Waals surface area contributed by atoms with Gasteiger partial charge in [-0.3, -0.25) is 20.4 Å². The summed E-state index contributed by atoms with van der Waals surface area (Å²) in [5.74, 6) is 0.238. The van der Waals surface area contributed by atoms with Gasteiger partial charge in [0, 0.05) is 12.2 Å². The zero-order chi connectivity index (χ0) is 17.6. The monoisotopic (exact) mass is 350 g/mol. The summed E-state index contributed by atoms with van der Waals surface area (Å²) in [7, 11) is 0. The minimum Gasteiger partial charge on any atom is -0.486 e. The predicted molar refractivity (Wildman–Crippen MR) is 87.4 cm³/mol. The van der Waals surface area contributed by atoms with Crippen LogP contribution in [0.3, 0.4) is 0 Å². The highest BCUT2D eigenvalue weighted by Crippen LogP contribution is 2.30. The normalized spacial score (nSPS) is 20.0. The van der Waals surface area contributed by atoms with Crippen LogP contribution in [0.15, 0.2) is 18.2 Å². The largest absolute Gasteiger partial charge is 0.486 e. The molecular weight excluding hydrogens is 328 g/mol. The summed E-state index contributed by atoms with van der Waals surface area (Å²) >= 11 is 0. The van der Waals surface area contributed by atoms with Gasteiger partial charge in [0.15, 0.2) is 11.5 Å². The third-order valence-electron chi connectivity index (χ3n) is 4.03. The molecule has 25 heavy (non-hydrogen) atoms. The number of amides is 2. The van der Waals surface area contributed by atoms with E-state index in [1.165, 1.54) is 0 Å². The van der Waals surface area contributed by atoms with E-state index in [2.05, 4.69) is 10.9 Å². The smallest absolute Gasteiger partial charge is 0.269 e. The van der Waals surface area contributed by atoms with Crippen LogP contribution < -0.4 is 20.3 Å². The Morgan fingerprint density at radius 2 is 2.00 bits per heavy atom. The van der Waals surface area contributed by atoms with Gasteiger partial charge in [-0.1, -0.05) is 0 Å². The van der Waals surface area contributed by atoms with Gasteiger partial charge in [0.2, 0.25) is 0 Å². The molecule has 1 fully saturated rings. The fourth-order valence-corrected chi connectivity index (χ4v) is 2.58. The molecule has 0 spiro atoms. The Balaban J connectivity index is 1.45.